The van der Waals surface area contributed by atoms with Crippen molar-refractivity contribution in [1.82, 2.24) is 4.90 Å². The summed E-state index contributed by atoms with van der Waals surface area (Å²) in [7, 11) is 0. The third kappa shape index (κ3) is 4.67. The fourth-order valence-corrected chi connectivity index (χ4v) is 6.23. The van der Waals surface area contributed by atoms with Gasteiger partial charge >= 0.3 is 0 Å². The highest BCUT2D eigenvalue weighted by Crippen LogP contribution is 2.38. The number of thiophene rings is 2. The van der Waals surface area contributed by atoms with Gasteiger partial charge in [-0.15, -0.1) is 35.1 Å². The van der Waals surface area contributed by atoms with Crippen LogP contribution in [0.25, 0.3) is 10.1 Å². The largest absolute Gasteiger partial charge is 0.312 e. The molecule has 0 saturated heterocycles. The van der Waals surface area contributed by atoms with Gasteiger partial charge in [-0.05, 0) is 29.7 Å². The Morgan fingerprint density at radius 2 is 1.97 bits per heavy atom. The fraction of sp³-hybridized carbons (Fsp3) is 0.167. The van der Waals surface area contributed by atoms with Crippen LogP contribution < -0.4 is 5.32 Å². The number of rotatable bonds is 5. The summed E-state index contributed by atoms with van der Waals surface area (Å²) in [5, 5.41) is 24.9. The highest BCUT2D eigenvalue weighted by atomic mass is 35.5. The summed E-state index contributed by atoms with van der Waals surface area (Å²) in [6, 6.07) is 18.8. The van der Waals surface area contributed by atoms with Gasteiger partial charge in [-0.1, -0.05) is 30.3 Å². The molecule has 0 radical (unpaired) electrons. The summed E-state index contributed by atoms with van der Waals surface area (Å²) >= 11 is 2.73. The molecule has 0 atom stereocenters. The van der Waals surface area contributed by atoms with Crippen molar-refractivity contribution in [2.75, 3.05) is 11.9 Å². The van der Waals surface area contributed by atoms with Gasteiger partial charge in [-0.2, -0.15) is 5.26 Å². The lowest BCUT2D eigenvalue weighted by Crippen LogP contribution is -2.29. The van der Waals surface area contributed by atoms with Gasteiger partial charge in [0.05, 0.1) is 15.4 Å². The normalized spacial score (nSPS) is 13.0. The molecule has 1 aliphatic rings. The van der Waals surface area contributed by atoms with Crippen LogP contribution in [0.2, 0.25) is 0 Å². The summed E-state index contributed by atoms with van der Waals surface area (Å²) < 4.78 is 0.799. The van der Waals surface area contributed by atoms with E-state index in [9.17, 15) is 20.2 Å². The lowest BCUT2D eigenvalue weighted by Gasteiger charge is -2.26. The average Bonchev–Trinajstić information content (AvgIpc) is 3.39. The molecule has 0 aliphatic carbocycles. The molecule has 1 N–H and O–H groups in total. The van der Waals surface area contributed by atoms with Crippen molar-refractivity contribution in [2.24, 2.45) is 0 Å². The van der Waals surface area contributed by atoms with Gasteiger partial charge in [0.15, 0.2) is 0 Å². The number of hydrogen-bond donors (Lipinski definition) is 1. The summed E-state index contributed by atoms with van der Waals surface area (Å²) in [5.74, 6) is -0.310. The number of amides is 1. The lowest BCUT2D eigenvalue weighted by atomic mass is 10.0. The van der Waals surface area contributed by atoms with Gasteiger partial charge in [0.25, 0.3) is 11.6 Å². The number of nitro benzene ring substituents is 1. The maximum absolute atomic E-state index is 12.9. The minimum absolute atomic E-state index is 0. The molecule has 0 fully saturated rings. The van der Waals surface area contributed by atoms with E-state index >= 15 is 0 Å². The molecule has 1 aliphatic heterocycles. The van der Waals surface area contributed by atoms with Crippen molar-refractivity contribution in [2.45, 2.75) is 19.5 Å². The number of carbonyl (C=O) groups excluding carboxylic acids is 1. The molecule has 0 unspecified atom stereocenters. The SMILES string of the molecule is Cl.N#Cc1c(NC(=O)c2cc3cc([N+](=O)[O-])ccc3s2)sc2c1CCN(Cc1ccccc1)C2. The zero-order valence-electron chi connectivity index (χ0n) is 17.8. The van der Waals surface area contributed by atoms with Gasteiger partial charge in [0.1, 0.15) is 11.1 Å². The van der Waals surface area contributed by atoms with E-state index in [1.165, 1.54) is 40.4 Å². The van der Waals surface area contributed by atoms with Crippen LogP contribution in [-0.4, -0.2) is 22.3 Å². The second-order valence-electron chi connectivity index (χ2n) is 7.81. The number of non-ortho nitro benzene ring substituents is 1. The molecule has 34 heavy (non-hydrogen) atoms. The predicted molar refractivity (Wildman–Crippen MR) is 137 cm³/mol. The molecule has 0 bridgehead atoms. The van der Waals surface area contributed by atoms with Gasteiger partial charge in [0.2, 0.25) is 0 Å². The first-order chi connectivity index (χ1) is 16.0. The van der Waals surface area contributed by atoms with E-state index in [0.717, 1.165) is 41.2 Å². The van der Waals surface area contributed by atoms with Crippen molar-refractivity contribution >= 4 is 61.8 Å². The molecule has 0 saturated carbocycles. The standard InChI is InChI=1S/C24H18N4O3S2.ClH/c25-12-19-18-8-9-27(13-15-4-2-1-3-5-15)14-22(18)33-24(19)26-23(29)21-11-16-10-17(28(30)31)6-7-20(16)32-21;/h1-7,10-11H,8-9,13-14H2,(H,26,29);1H. The summed E-state index contributed by atoms with van der Waals surface area (Å²) in [5.41, 5.74) is 2.80. The summed E-state index contributed by atoms with van der Waals surface area (Å²) in [6.07, 6.45) is 0.768. The van der Waals surface area contributed by atoms with Crippen molar-refractivity contribution in [3.05, 3.63) is 91.2 Å². The van der Waals surface area contributed by atoms with Gasteiger partial charge in [0, 0.05) is 46.7 Å². The zero-order valence-corrected chi connectivity index (χ0v) is 20.3. The number of nitrogens with one attached hydrogen (secondary N) is 1. The minimum atomic E-state index is -0.451. The highest BCUT2D eigenvalue weighted by Gasteiger charge is 2.26. The Balaban J connectivity index is 0.00000274. The van der Waals surface area contributed by atoms with Crippen LogP contribution >= 0.6 is 35.1 Å². The molecule has 5 rings (SSSR count). The third-order valence-corrected chi connectivity index (χ3v) is 7.91. The van der Waals surface area contributed by atoms with E-state index in [2.05, 4.69) is 28.4 Å². The first-order valence-corrected chi connectivity index (χ1v) is 12.0. The second-order valence-corrected chi connectivity index (χ2v) is 10.00. The molecular formula is C24H19ClN4O3S2. The number of nitro groups is 1. The Morgan fingerprint density at radius 1 is 1.18 bits per heavy atom. The van der Waals surface area contributed by atoms with E-state index in [0.29, 0.717) is 20.8 Å². The molecule has 10 heteroatoms. The van der Waals surface area contributed by atoms with Crippen molar-refractivity contribution in [3.8, 4) is 6.07 Å². The van der Waals surface area contributed by atoms with Gasteiger partial charge in [-0.3, -0.25) is 19.8 Å². The van der Waals surface area contributed by atoms with Crippen LogP contribution in [0.15, 0.2) is 54.6 Å². The maximum Gasteiger partial charge on any atom is 0.270 e. The van der Waals surface area contributed by atoms with Crippen LogP contribution in [0.3, 0.4) is 0 Å². The smallest absolute Gasteiger partial charge is 0.270 e. The quantitative estimate of drug-likeness (QED) is 0.263. The molecule has 3 heterocycles. The second kappa shape index (κ2) is 9.91. The van der Waals surface area contributed by atoms with E-state index < -0.39 is 4.92 Å². The van der Waals surface area contributed by atoms with Gasteiger partial charge < -0.3 is 5.32 Å². The molecular weight excluding hydrogens is 492 g/mol. The number of fused-ring (bicyclic) bond motifs is 2. The van der Waals surface area contributed by atoms with Crippen LogP contribution in [-0.2, 0) is 19.5 Å². The number of halogens is 1. The number of carbonyl (C=O) groups is 1. The highest BCUT2D eigenvalue weighted by molar-refractivity contribution is 7.21. The Bertz CT molecular complexity index is 1430. The Kier molecular flexibility index (Phi) is 6.95. The molecule has 4 aromatic rings. The zero-order chi connectivity index (χ0) is 22.9. The Labute approximate surface area is 209 Å². The molecule has 172 valence electrons. The van der Waals surface area contributed by atoms with Crippen LogP contribution in [0, 0.1) is 21.4 Å². The average molecular weight is 511 g/mol. The van der Waals surface area contributed by atoms with Crippen LogP contribution in [0.5, 0.6) is 0 Å². The fourth-order valence-electron chi connectivity index (χ4n) is 4.06. The molecule has 2 aromatic carbocycles. The molecule has 7 nitrogen and oxygen atoms in total. The molecule has 0 spiro atoms. The van der Waals surface area contributed by atoms with Crippen LogP contribution in [0.1, 0.15) is 31.2 Å². The third-order valence-electron chi connectivity index (χ3n) is 5.66. The number of nitrogens with zero attached hydrogens (tertiary/aromatic N) is 3. The van der Waals surface area contributed by atoms with Crippen molar-refractivity contribution < 1.29 is 9.72 Å². The topological polar surface area (TPSA) is 99.3 Å². The first-order valence-electron chi connectivity index (χ1n) is 10.3. The number of anilines is 1. The Morgan fingerprint density at radius 3 is 2.71 bits per heavy atom. The van der Waals surface area contributed by atoms with E-state index in [-0.39, 0.29) is 24.0 Å². The Hall–Kier alpha value is -3.29. The van der Waals surface area contributed by atoms with Crippen LogP contribution in [0.4, 0.5) is 10.7 Å². The predicted octanol–water partition coefficient (Wildman–Crippen LogP) is 5.98. The van der Waals surface area contributed by atoms with E-state index in [4.69, 9.17) is 0 Å². The number of nitriles is 1. The monoisotopic (exact) mass is 510 g/mol. The number of hydrogen-bond acceptors (Lipinski definition) is 7. The summed E-state index contributed by atoms with van der Waals surface area (Å²) in [4.78, 5) is 27.4. The number of benzene rings is 2. The molecule has 2 aromatic heterocycles. The molecule has 1 amide bonds. The maximum atomic E-state index is 12.9. The van der Waals surface area contributed by atoms with E-state index in [1.807, 2.05) is 18.2 Å². The van der Waals surface area contributed by atoms with Crippen molar-refractivity contribution in [3.63, 3.8) is 0 Å². The minimum Gasteiger partial charge on any atom is -0.312 e. The van der Waals surface area contributed by atoms with E-state index in [1.54, 1.807) is 12.1 Å². The summed E-state index contributed by atoms with van der Waals surface area (Å²) in [6.45, 7) is 2.44. The first kappa shape index (κ1) is 23.9. The lowest BCUT2D eigenvalue weighted by molar-refractivity contribution is -0.384. The van der Waals surface area contributed by atoms with Crippen molar-refractivity contribution in [1.29, 1.82) is 5.26 Å². The van der Waals surface area contributed by atoms with Gasteiger partial charge in [-0.25, -0.2) is 0 Å².